The van der Waals surface area contributed by atoms with Crippen molar-refractivity contribution in [3.8, 4) is 5.75 Å². The molecule has 1 aromatic rings. The molecule has 0 unspecified atom stereocenters. The Morgan fingerprint density at radius 2 is 1.57 bits per heavy atom. The van der Waals surface area contributed by atoms with E-state index >= 15 is 0 Å². The molecule has 0 atom stereocenters. The quantitative estimate of drug-likeness (QED) is 0.754. The van der Waals surface area contributed by atoms with Crippen LogP contribution in [0.5, 0.6) is 5.75 Å². The maximum absolute atomic E-state index is 5.75. The number of anilines is 1. The Balaban J connectivity index is 1.59. The lowest BCUT2D eigenvalue weighted by Crippen LogP contribution is -2.48. The van der Waals surface area contributed by atoms with E-state index in [0.717, 1.165) is 57.3 Å². The highest BCUT2D eigenvalue weighted by atomic mass is 16.5. The molecule has 118 valence electrons. The van der Waals surface area contributed by atoms with E-state index in [4.69, 9.17) is 10.5 Å². The standard InChI is InChI=1S/C16H28N4O/c1-18(2)7-8-19-9-11-20(12-10-19)13-14-21-16-5-3-15(17)4-6-16/h3-6H,7-14,17H2,1-2H3. The van der Waals surface area contributed by atoms with E-state index < -0.39 is 0 Å². The lowest BCUT2D eigenvalue weighted by molar-refractivity contribution is 0.112. The number of piperazine rings is 1. The van der Waals surface area contributed by atoms with E-state index in [-0.39, 0.29) is 0 Å². The Morgan fingerprint density at radius 1 is 1.00 bits per heavy atom. The molecule has 5 nitrogen and oxygen atoms in total. The lowest BCUT2D eigenvalue weighted by atomic mass is 10.3. The van der Waals surface area contributed by atoms with Crippen LogP contribution in [0.1, 0.15) is 0 Å². The van der Waals surface area contributed by atoms with Crippen LogP contribution in [0, 0.1) is 0 Å². The van der Waals surface area contributed by atoms with Gasteiger partial charge in [-0.2, -0.15) is 0 Å². The summed E-state index contributed by atoms with van der Waals surface area (Å²) in [6, 6.07) is 7.60. The van der Waals surface area contributed by atoms with E-state index in [9.17, 15) is 0 Å². The van der Waals surface area contributed by atoms with Gasteiger partial charge in [0.1, 0.15) is 12.4 Å². The molecule has 1 aliphatic heterocycles. The summed E-state index contributed by atoms with van der Waals surface area (Å²) in [6.07, 6.45) is 0. The highest BCUT2D eigenvalue weighted by Gasteiger charge is 2.16. The van der Waals surface area contributed by atoms with E-state index in [0.29, 0.717) is 0 Å². The van der Waals surface area contributed by atoms with Gasteiger partial charge < -0.3 is 15.4 Å². The van der Waals surface area contributed by atoms with Gasteiger partial charge in [0.15, 0.2) is 0 Å². The van der Waals surface area contributed by atoms with Crippen LogP contribution in [-0.2, 0) is 0 Å². The van der Waals surface area contributed by atoms with Crippen LogP contribution in [-0.4, -0.2) is 81.2 Å². The molecule has 0 radical (unpaired) electrons. The largest absolute Gasteiger partial charge is 0.492 e. The van der Waals surface area contributed by atoms with Crippen LogP contribution in [0.4, 0.5) is 5.69 Å². The summed E-state index contributed by atoms with van der Waals surface area (Å²) < 4.78 is 5.75. The number of ether oxygens (including phenoxy) is 1. The fraction of sp³-hybridized carbons (Fsp3) is 0.625. The zero-order chi connectivity index (χ0) is 15.1. The highest BCUT2D eigenvalue weighted by molar-refractivity contribution is 5.41. The third-order valence-corrected chi connectivity index (χ3v) is 3.88. The lowest BCUT2D eigenvalue weighted by Gasteiger charge is -2.35. The van der Waals surface area contributed by atoms with Crippen molar-refractivity contribution < 1.29 is 4.74 Å². The van der Waals surface area contributed by atoms with Gasteiger partial charge in [-0.15, -0.1) is 0 Å². The van der Waals surface area contributed by atoms with E-state index in [1.807, 2.05) is 24.3 Å². The van der Waals surface area contributed by atoms with Crippen molar-refractivity contribution >= 4 is 5.69 Å². The summed E-state index contributed by atoms with van der Waals surface area (Å²) >= 11 is 0. The molecule has 21 heavy (non-hydrogen) atoms. The first-order valence-corrected chi connectivity index (χ1v) is 7.71. The smallest absolute Gasteiger partial charge is 0.119 e. The number of likely N-dealkylation sites (N-methyl/N-ethyl adjacent to an activating group) is 1. The summed E-state index contributed by atoms with van der Waals surface area (Å²) in [6.45, 7) is 8.64. The number of nitrogens with two attached hydrogens (primary N) is 1. The average molecular weight is 292 g/mol. The van der Waals surface area contributed by atoms with Crippen LogP contribution in [0.15, 0.2) is 24.3 Å². The summed E-state index contributed by atoms with van der Waals surface area (Å²) in [5.41, 5.74) is 6.43. The highest BCUT2D eigenvalue weighted by Crippen LogP contribution is 2.13. The number of rotatable bonds is 7. The monoisotopic (exact) mass is 292 g/mol. The summed E-state index contributed by atoms with van der Waals surface area (Å²) in [5, 5.41) is 0. The zero-order valence-electron chi connectivity index (χ0n) is 13.3. The molecule has 5 heteroatoms. The molecule has 1 heterocycles. The van der Waals surface area contributed by atoms with Gasteiger partial charge in [-0.25, -0.2) is 0 Å². The minimum Gasteiger partial charge on any atom is -0.492 e. The molecule has 0 saturated carbocycles. The molecule has 0 amide bonds. The SMILES string of the molecule is CN(C)CCN1CCN(CCOc2ccc(N)cc2)CC1. The molecule has 1 aliphatic rings. The normalized spacial score (nSPS) is 17.3. The number of nitrogen functional groups attached to an aromatic ring is 1. The summed E-state index contributed by atoms with van der Waals surface area (Å²) in [4.78, 5) is 7.26. The predicted octanol–water partition coefficient (Wildman–Crippen LogP) is 0.827. The van der Waals surface area contributed by atoms with Crippen LogP contribution in [0.2, 0.25) is 0 Å². The minimum absolute atomic E-state index is 0.738. The molecule has 0 bridgehead atoms. The van der Waals surface area contributed by atoms with Crippen molar-refractivity contribution in [2.75, 3.05) is 72.2 Å². The molecule has 0 aromatic heterocycles. The van der Waals surface area contributed by atoms with Crippen molar-refractivity contribution in [2.45, 2.75) is 0 Å². The minimum atomic E-state index is 0.738. The fourth-order valence-electron chi connectivity index (χ4n) is 2.43. The molecule has 0 spiro atoms. The number of benzene rings is 1. The molecule has 0 aliphatic carbocycles. The van der Waals surface area contributed by atoms with Crippen molar-refractivity contribution in [1.29, 1.82) is 0 Å². The Kier molecular flexibility index (Phi) is 6.29. The zero-order valence-corrected chi connectivity index (χ0v) is 13.3. The molecule has 1 saturated heterocycles. The second-order valence-corrected chi connectivity index (χ2v) is 5.90. The second kappa shape index (κ2) is 8.22. The Bertz CT molecular complexity index is 399. The number of hydrogen-bond acceptors (Lipinski definition) is 5. The van der Waals surface area contributed by atoms with Crippen LogP contribution < -0.4 is 10.5 Å². The summed E-state index contributed by atoms with van der Waals surface area (Å²) in [7, 11) is 4.26. The van der Waals surface area contributed by atoms with Crippen molar-refractivity contribution in [3.05, 3.63) is 24.3 Å². The molecule has 1 aromatic carbocycles. The summed E-state index contributed by atoms with van der Waals surface area (Å²) in [5.74, 6) is 0.897. The van der Waals surface area contributed by atoms with Crippen molar-refractivity contribution in [3.63, 3.8) is 0 Å². The van der Waals surface area contributed by atoms with E-state index in [1.165, 1.54) is 6.54 Å². The van der Waals surface area contributed by atoms with Crippen molar-refractivity contribution in [2.24, 2.45) is 0 Å². The molecule has 2 N–H and O–H groups in total. The fourth-order valence-corrected chi connectivity index (χ4v) is 2.43. The predicted molar refractivity (Wildman–Crippen MR) is 87.8 cm³/mol. The Morgan fingerprint density at radius 3 is 2.14 bits per heavy atom. The molecular weight excluding hydrogens is 264 g/mol. The van der Waals surface area contributed by atoms with E-state index in [1.54, 1.807) is 0 Å². The second-order valence-electron chi connectivity index (χ2n) is 5.90. The van der Waals surface area contributed by atoms with Gasteiger partial charge in [-0.05, 0) is 38.4 Å². The third kappa shape index (κ3) is 5.91. The first-order chi connectivity index (χ1) is 10.1. The maximum atomic E-state index is 5.75. The van der Waals surface area contributed by atoms with Gasteiger partial charge in [0.25, 0.3) is 0 Å². The van der Waals surface area contributed by atoms with Gasteiger partial charge in [0, 0.05) is 51.5 Å². The third-order valence-electron chi connectivity index (χ3n) is 3.88. The van der Waals surface area contributed by atoms with Crippen LogP contribution >= 0.6 is 0 Å². The Hall–Kier alpha value is -1.30. The van der Waals surface area contributed by atoms with Gasteiger partial charge >= 0.3 is 0 Å². The van der Waals surface area contributed by atoms with Crippen molar-refractivity contribution in [1.82, 2.24) is 14.7 Å². The topological polar surface area (TPSA) is 45.0 Å². The van der Waals surface area contributed by atoms with Crippen LogP contribution in [0.25, 0.3) is 0 Å². The van der Waals surface area contributed by atoms with Gasteiger partial charge in [0.2, 0.25) is 0 Å². The maximum Gasteiger partial charge on any atom is 0.119 e. The van der Waals surface area contributed by atoms with Gasteiger partial charge in [-0.3, -0.25) is 9.80 Å². The Labute approximate surface area is 128 Å². The molecule has 1 fully saturated rings. The molecular formula is C16H28N4O. The number of hydrogen-bond donors (Lipinski definition) is 1. The number of nitrogens with zero attached hydrogens (tertiary/aromatic N) is 3. The van der Waals surface area contributed by atoms with Gasteiger partial charge in [0.05, 0.1) is 0 Å². The average Bonchev–Trinajstić information content (AvgIpc) is 2.48. The van der Waals surface area contributed by atoms with Crippen LogP contribution in [0.3, 0.4) is 0 Å². The molecule has 2 rings (SSSR count). The van der Waals surface area contributed by atoms with Gasteiger partial charge in [-0.1, -0.05) is 0 Å². The first-order valence-electron chi connectivity index (χ1n) is 7.71. The van der Waals surface area contributed by atoms with E-state index in [2.05, 4.69) is 28.8 Å². The first kappa shape index (κ1) is 16.1.